The molecule has 1 aliphatic rings. The summed E-state index contributed by atoms with van der Waals surface area (Å²) >= 11 is 3.52. The molecule has 0 saturated carbocycles. The normalized spacial score (nSPS) is 14.2. The van der Waals surface area contributed by atoms with Crippen LogP contribution in [0, 0.1) is 0 Å². The maximum absolute atomic E-state index is 12.6. The van der Waals surface area contributed by atoms with Gasteiger partial charge in [0.25, 0.3) is 0 Å². The van der Waals surface area contributed by atoms with Crippen molar-refractivity contribution in [2.45, 2.75) is 32.9 Å². The molecular weight excluding hydrogens is 380 g/mol. The van der Waals surface area contributed by atoms with Gasteiger partial charge in [0.2, 0.25) is 0 Å². The number of hydrogen-bond donors (Lipinski definition) is 0. The molecule has 0 atom stereocenters. The van der Waals surface area contributed by atoms with Crippen LogP contribution in [0.3, 0.4) is 0 Å². The quantitative estimate of drug-likeness (QED) is 0.690. The molecule has 0 bridgehead atoms. The van der Waals surface area contributed by atoms with Crippen LogP contribution in [-0.4, -0.2) is 24.8 Å². The molecule has 0 radical (unpaired) electrons. The Morgan fingerprint density at radius 2 is 1.80 bits per heavy atom. The third-order valence-corrected chi connectivity index (χ3v) is 4.49. The molecule has 0 saturated heterocycles. The first-order valence-corrected chi connectivity index (χ1v) is 9.22. The zero-order valence-corrected chi connectivity index (χ0v) is 16.4. The number of carbonyl (C=O) groups excluding carboxylic acids is 1. The van der Waals surface area contributed by atoms with Crippen molar-refractivity contribution in [3.63, 3.8) is 0 Å². The molecule has 2 aromatic rings. The number of fused-ring (bicyclic) bond motifs is 1. The molecule has 25 heavy (non-hydrogen) atoms. The summed E-state index contributed by atoms with van der Waals surface area (Å²) in [5, 5.41) is 0. The van der Waals surface area contributed by atoms with E-state index in [0.29, 0.717) is 6.54 Å². The van der Waals surface area contributed by atoms with E-state index in [1.807, 2.05) is 39.0 Å². The summed E-state index contributed by atoms with van der Waals surface area (Å²) in [4.78, 5) is 16.7. The summed E-state index contributed by atoms with van der Waals surface area (Å²) < 4.78 is 6.53. The molecule has 1 amide bonds. The highest BCUT2D eigenvalue weighted by atomic mass is 79.9. The van der Waals surface area contributed by atoms with Crippen molar-refractivity contribution in [2.24, 2.45) is 0 Å². The summed E-state index contributed by atoms with van der Waals surface area (Å²) in [6.07, 6.45) is -0.300. The van der Waals surface area contributed by atoms with E-state index in [2.05, 4.69) is 51.2 Å². The summed E-state index contributed by atoms with van der Waals surface area (Å²) in [6.45, 7) is 7.85. The van der Waals surface area contributed by atoms with Gasteiger partial charge in [-0.15, -0.1) is 0 Å². The van der Waals surface area contributed by atoms with E-state index in [1.54, 1.807) is 4.90 Å². The van der Waals surface area contributed by atoms with Gasteiger partial charge in [-0.3, -0.25) is 4.90 Å². The van der Waals surface area contributed by atoms with Gasteiger partial charge in [-0.2, -0.15) is 0 Å². The lowest BCUT2D eigenvalue weighted by molar-refractivity contribution is 0.0580. The predicted octanol–water partition coefficient (Wildman–Crippen LogP) is 5.21. The van der Waals surface area contributed by atoms with Crippen molar-refractivity contribution < 1.29 is 9.53 Å². The second kappa shape index (κ2) is 7.08. The molecule has 2 aromatic carbocycles. The molecule has 0 spiro atoms. The van der Waals surface area contributed by atoms with Gasteiger partial charge in [0.1, 0.15) is 5.60 Å². The Labute approximate surface area is 157 Å². The molecule has 0 aliphatic carbocycles. The molecular formula is C20H23BrN2O2. The minimum atomic E-state index is -0.509. The predicted molar refractivity (Wildman–Crippen MR) is 105 cm³/mol. The van der Waals surface area contributed by atoms with Gasteiger partial charge in [0.05, 0.1) is 11.4 Å². The van der Waals surface area contributed by atoms with E-state index in [9.17, 15) is 4.79 Å². The van der Waals surface area contributed by atoms with Crippen molar-refractivity contribution >= 4 is 33.4 Å². The Morgan fingerprint density at radius 1 is 1.08 bits per heavy atom. The average Bonchev–Trinajstić information content (AvgIpc) is 2.54. The second-order valence-corrected chi connectivity index (χ2v) is 8.09. The van der Waals surface area contributed by atoms with Crippen LogP contribution in [0.4, 0.5) is 16.2 Å². The number of carbonyl (C=O) groups is 1. The molecule has 4 nitrogen and oxygen atoms in total. The first kappa shape index (κ1) is 17.8. The summed E-state index contributed by atoms with van der Waals surface area (Å²) in [5.41, 5.74) is 2.67. The zero-order chi connectivity index (χ0) is 18.0. The van der Waals surface area contributed by atoms with Gasteiger partial charge in [-0.1, -0.05) is 46.3 Å². The standard InChI is InChI=1S/C20H23BrN2O2/c1-20(2,3)25-19(24)23-12-11-22(14-15-7-5-4-6-8-15)17-10-9-16(21)13-18(17)23/h4-10,13H,11-12,14H2,1-3H3. The smallest absolute Gasteiger partial charge is 0.414 e. The van der Waals surface area contributed by atoms with Gasteiger partial charge in [0.15, 0.2) is 0 Å². The summed E-state index contributed by atoms with van der Waals surface area (Å²) in [7, 11) is 0. The molecule has 132 valence electrons. The molecule has 0 N–H and O–H groups in total. The van der Waals surface area contributed by atoms with Crippen LogP contribution in [0.5, 0.6) is 0 Å². The highest BCUT2D eigenvalue weighted by Gasteiger charge is 2.30. The number of hydrogen-bond acceptors (Lipinski definition) is 3. The Hall–Kier alpha value is -2.01. The maximum Gasteiger partial charge on any atom is 0.414 e. The minimum Gasteiger partial charge on any atom is -0.443 e. The van der Waals surface area contributed by atoms with E-state index < -0.39 is 5.60 Å². The Morgan fingerprint density at radius 3 is 2.48 bits per heavy atom. The van der Waals surface area contributed by atoms with Crippen LogP contribution in [0.25, 0.3) is 0 Å². The fraction of sp³-hybridized carbons (Fsp3) is 0.350. The highest BCUT2D eigenvalue weighted by Crippen LogP contribution is 2.37. The average molecular weight is 403 g/mol. The number of anilines is 2. The van der Waals surface area contributed by atoms with Gasteiger partial charge < -0.3 is 9.64 Å². The monoisotopic (exact) mass is 402 g/mol. The van der Waals surface area contributed by atoms with Crippen molar-refractivity contribution in [1.29, 1.82) is 0 Å². The number of nitrogens with zero attached hydrogens (tertiary/aromatic N) is 2. The molecule has 0 unspecified atom stereocenters. The van der Waals surface area contributed by atoms with Crippen LogP contribution >= 0.6 is 15.9 Å². The summed E-state index contributed by atoms with van der Waals surface area (Å²) in [5.74, 6) is 0. The van der Waals surface area contributed by atoms with E-state index >= 15 is 0 Å². The SMILES string of the molecule is CC(C)(C)OC(=O)N1CCN(Cc2ccccc2)c2ccc(Br)cc21. The lowest BCUT2D eigenvalue weighted by Gasteiger charge is -2.38. The van der Waals surface area contributed by atoms with Crippen LogP contribution in [0.2, 0.25) is 0 Å². The molecule has 1 aliphatic heterocycles. The van der Waals surface area contributed by atoms with Crippen molar-refractivity contribution in [1.82, 2.24) is 0 Å². The van der Waals surface area contributed by atoms with Gasteiger partial charge >= 0.3 is 6.09 Å². The largest absolute Gasteiger partial charge is 0.443 e. The van der Waals surface area contributed by atoms with Gasteiger partial charge in [-0.05, 0) is 44.5 Å². The number of halogens is 1. The van der Waals surface area contributed by atoms with Crippen LogP contribution in [0.15, 0.2) is 53.0 Å². The Kier molecular flexibility index (Phi) is 5.04. The number of rotatable bonds is 2. The molecule has 1 heterocycles. The van der Waals surface area contributed by atoms with Crippen molar-refractivity contribution in [3.05, 3.63) is 58.6 Å². The first-order chi connectivity index (χ1) is 11.8. The highest BCUT2D eigenvalue weighted by molar-refractivity contribution is 9.10. The van der Waals surface area contributed by atoms with E-state index in [4.69, 9.17) is 4.74 Å². The van der Waals surface area contributed by atoms with E-state index in [-0.39, 0.29) is 6.09 Å². The zero-order valence-electron chi connectivity index (χ0n) is 14.8. The number of benzene rings is 2. The summed E-state index contributed by atoms with van der Waals surface area (Å²) in [6, 6.07) is 16.4. The third kappa shape index (κ3) is 4.34. The van der Waals surface area contributed by atoms with Gasteiger partial charge in [0, 0.05) is 24.1 Å². The van der Waals surface area contributed by atoms with Gasteiger partial charge in [-0.25, -0.2) is 4.79 Å². The first-order valence-electron chi connectivity index (χ1n) is 8.42. The molecule has 5 heteroatoms. The fourth-order valence-electron chi connectivity index (χ4n) is 2.92. The lowest BCUT2D eigenvalue weighted by Crippen LogP contribution is -2.45. The molecule has 3 rings (SSSR count). The molecule has 0 aromatic heterocycles. The molecule has 0 fully saturated rings. The van der Waals surface area contributed by atoms with Crippen molar-refractivity contribution in [3.8, 4) is 0 Å². The minimum absolute atomic E-state index is 0.300. The fourth-order valence-corrected chi connectivity index (χ4v) is 3.27. The van der Waals surface area contributed by atoms with Crippen LogP contribution in [-0.2, 0) is 11.3 Å². The number of amides is 1. The van der Waals surface area contributed by atoms with Crippen LogP contribution < -0.4 is 9.80 Å². The number of ether oxygens (including phenoxy) is 1. The second-order valence-electron chi connectivity index (χ2n) is 7.17. The Bertz CT molecular complexity index is 756. The maximum atomic E-state index is 12.6. The van der Waals surface area contributed by atoms with Crippen molar-refractivity contribution in [2.75, 3.05) is 22.9 Å². The van der Waals surface area contributed by atoms with E-state index in [0.717, 1.165) is 28.9 Å². The Balaban J connectivity index is 1.89. The topological polar surface area (TPSA) is 32.8 Å². The van der Waals surface area contributed by atoms with E-state index in [1.165, 1.54) is 5.56 Å². The third-order valence-electron chi connectivity index (χ3n) is 3.99. The lowest BCUT2D eigenvalue weighted by atomic mass is 10.1. The van der Waals surface area contributed by atoms with Crippen LogP contribution in [0.1, 0.15) is 26.3 Å².